The highest BCUT2D eigenvalue weighted by Crippen LogP contribution is 2.34. The average molecular weight is 353 g/mol. The zero-order valence-electron chi connectivity index (χ0n) is 13.6. The molecule has 3 aromatic heterocycles. The van der Waals surface area contributed by atoms with E-state index in [9.17, 15) is 4.79 Å². The SMILES string of the molecule is COc1ccc(-n2cnc3c(sc4nccc(N(C)N)c43)c2=O)cc1. The van der Waals surface area contributed by atoms with Gasteiger partial charge in [-0.15, -0.1) is 11.3 Å². The smallest absolute Gasteiger partial charge is 0.275 e. The molecule has 0 fully saturated rings. The number of methoxy groups -OCH3 is 1. The molecule has 0 saturated heterocycles. The number of nitrogens with two attached hydrogens (primary N) is 1. The molecule has 2 N–H and O–H groups in total. The lowest BCUT2D eigenvalue weighted by Crippen LogP contribution is -2.25. The standard InChI is InChI=1S/C17H15N5O2S/c1-21(18)12-7-8-19-16-13(12)14-15(25-16)17(23)22(9-20-14)10-3-5-11(24-2)6-4-10/h3-9H,18H2,1-2H3. The Balaban J connectivity index is 1.98. The lowest BCUT2D eigenvalue weighted by Gasteiger charge is -2.12. The zero-order valence-corrected chi connectivity index (χ0v) is 14.4. The van der Waals surface area contributed by atoms with Crippen molar-refractivity contribution in [1.82, 2.24) is 14.5 Å². The molecule has 4 rings (SSSR count). The van der Waals surface area contributed by atoms with Crippen molar-refractivity contribution in [3.8, 4) is 11.4 Å². The monoisotopic (exact) mass is 353 g/mol. The lowest BCUT2D eigenvalue weighted by atomic mass is 10.2. The first kappa shape index (κ1) is 15.6. The molecule has 0 saturated carbocycles. The number of hydrogen-bond acceptors (Lipinski definition) is 7. The Morgan fingerprint density at radius 2 is 1.96 bits per heavy atom. The molecular weight excluding hydrogens is 338 g/mol. The lowest BCUT2D eigenvalue weighted by molar-refractivity contribution is 0.414. The van der Waals surface area contributed by atoms with Crippen LogP contribution in [0.2, 0.25) is 0 Å². The summed E-state index contributed by atoms with van der Waals surface area (Å²) in [6.45, 7) is 0. The number of anilines is 1. The van der Waals surface area contributed by atoms with Gasteiger partial charge in [-0.05, 0) is 30.3 Å². The summed E-state index contributed by atoms with van der Waals surface area (Å²) in [5.74, 6) is 6.63. The maximum atomic E-state index is 13.0. The Bertz CT molecular complexity index is 1130. The summed E-state index contributed by atoms with van der Waals surface area (Å²) in [6.07, 6.45) is 3.21. The number of aromatic nitrogens is 3. The highest BCUT2D eigenvalue weighted by molar-refractivity contribution is 7.25. The van der Waals surface area contributed by atoms with Crippen LogP contribution in [0.15, 0.2) is 47.7 Å². The molecular formula is C17H15N5O2S. The first-order chi connectivity index (χ1) is 12.1. The van der Waals surface area contributed by atoms with E-state index in [2.05, 4.69) is 9.97 Å². The van der Waals surface area contributed by atoms with Crippen molar-refractivity contribution in [3.05, 3.63) is 53.2 Å². The van der Waals surface area contributed by atoms with E-state index >= 15 is 0 Å². The van der Waals surface area contributed by atoms with E-state index in [-0.39, 0.29) is 5.56 Å². The number of nitrogens with zero attached hydrogens (tertiary/aromatic N) is 4. The highest BCUT2D eigenvalue weighted by atomic mass is 32.1. The fourth-order valence-corrected chi connectivity index (χ4v) is 3.80. The van der Waals surface area contributed by atoms with Gasteiger partial charge in [0.2, 0.25) is 0 Å². The third-order valence-corrected chi connectivity index (χ3v) is 5.07. The van der Waals surface area contributed by atoms with Crippen LogP contribution in [0.4, 0.5) is 5.69 Å². The number of pyridine rings is 1. The van der Waals surface area contributed by atoms with Gasteiger partial charge in [-0.3, -0.25) is 9.36 Å². The number of hydrazine groups is 1. The second-order valence-corrected chi connectivity index (χ2v) is 6.52. The van der Waals surface area contributed by atoms with Crippen molar-refractivity contribution in [3.63, 3.8) is 0 Å². The predicted octanol–water partition coefficient (Wildman–Crippen LogP) is 2.31. The molecule has 0 aliphatic carbocycles. The number of ether oxygens (including phenoxy) is 1. The van der Waals surface area contributed by atoms with Crippen molar-refractivity contribution >= 4 is 37.5 Å². The van der Waals surface area contributed by atoms with E-state index in [1.807, 2.05) is 18.2 Å². The largest absolute Gasteiger partial charge is 0.497 e. The van der Waals surface area contributed by atoms with Crippen LogP contribution < -0.4 is 21.1 Å². The highest BCUT2D eigenvalue weighted by Gasteiger charge is 2.17. The Hall–Kier alpha value is -2.97. The van der Waals surface area contributed by atoms with Gasteiger partial charge in [0, 0.05) is 13.2 Å². The molecule has 3 heterocycles. The van der Waals surface area contributed by atoms with Crippen LogP contribution in [0.1, 0.15) is 0 Å². The second kappa shape index (κ2) is 5.83. The molecule has 0 atom stereocenters. The minimum atomic E-state index is -0.135. The van der Waals surface area contributed by atoms with Crippen molar-refractivity contribution in [2.24, 2.45) is 5.84 Å². The summed E-state index contributed by atoms with van der Waals surface area (Å²) >= 11 is 1.32. The van der Waals surface area contributed by atoms with Crippen LogP contribution in [-0.2, 0) is 0 Å². The zero-order chi connectivity index (χ0) is 17.6. The third kappa shape index (κ3) is 2.43. The average Bonchev–Trinajstić information content (AvgIpc) is 3.02. The molecule has 0 unspecified atom stereocenters. The molecule has 7 nitrogen and oxygen atoms in total. The van der Waals surface area contributed by atoms with Gasteiger partial charge in [-0.2, -0.15) is 0 Å². The summed E-state index contributed by atoms with van der Waals surface area (Å²) < 4.78 is 7.22. The topological polar surface area (TPSA) is 86.3 Å². The molecule has 126 valence electrons. The van der Waals surface area contributed by atoms with Gasteiger partial charge in [-0.1, -0.05) is 0 Å². The van der Waals surface area contributed by atoms with Gasteiger partial charge in [0.05, 0.1) is 23.9 Å². The number of fused-ring (bicyclic) bond motifs is 3. The van der Waals surface area contributed by atoms with E-state index < -0.39 is 0 Å². The van der Waals surface area contributed by atoms with Crippen molar-refractivity contribution in [1.29, 1.82) is 0 Å². The van der Waals surface area contributed by atoms with Gasteiger partial charge in [0.25, 0.3) is 5.56 Å². The minimum absolute atomic E-state index is 0.135. The summed E-state index contributed by atoms with van der Waals surface area (Å²) in [5, 5.41) is 2.30. The summed E-state index contributed by atoms with van der Waals surface area (Å²) in [4.78, 5) is 22.6. The quantitative estimate of drug-likeness (QED) is 0.449. The molecule has 0 spiro atoms. The number of hydrogen-bond donors (Lipinski definition) is 1. The normalized spacial score (nSPS) is 11.2. The Kier molecular flexibility index (Phi) is 3.63. The van der Waals surface area contributed by atoms with E-state index in [0.29, 0.717) is 10.2 Å². The summed E-state index contributed by atoms with van der Waals surface area (Å²) in [5.41, 5.74) is 1.99. The molecule has 1 aromatic carbocycles. The molecule has 0 amide bonds. The van der Waals surface area contributed by atoms with Crippen LogP contribution in [0.3, 0.4) is 0 Å². The Morgan fingerprint density at radius 1 is 1.20 bits per heavy atom. The van der Waals surface area contributed by atoms with E-state index in [1.54, 1.807) is 32.5 Å². The van der Waals surface area contributed by atoms with Gasteiger partial charge in [0.15, 0.2) is 0 Å². The maximum Gasteiger partial charge on any atom is 0.275 e. The fourth-order valence-electron chi connectivity index (χ4n) is 2.76. The van der Waals surface area contributed by atoms with Crippen LogP contribution in [-0.4, -0.2) is 28.7 Å². The number of rotatable bonds is 3. The fraction of sp³-hybridized carbons (Fsp3) is 0.118. The van der Waals surface area contributed by atoms with Gasteiger partial charge in [0.1, 0.15) is 27.1 Å². The number of benzene rings is 1. The first-order valence-corrected chi connectivity index (χ1v) is 8.33. The van der Waals surface area contributed by atoms with Gasteiger partial charge >= 0.3 is 0 Å². The Labute approximate surface area is 146 Å². The predicted molar refractivity (Wildman–Crippen MR) is 99.7 cm³/mol. The molecule has 0 bridgehead atoms. The second-order valence-electron chi connectivity index (χ2n) is 5.52. The van der Waals surface area contributed by atoms with Crippen LogP contribution >= 0.6 is 11.3 Å². The molecule has 0 radical (unpaired) electrons. The van der Waals surface area contributed by atoms with E-state index in [1.165, 1.54) is 27.2 Å². The van der Waals surface area contributed by atoms with Crippen molar-refractivity contribution < 1.29 is 4.74 Å². The Morgan fingerprint density at radius 3 is 2.64 bits per heavy atom. The maximum absolute atomic E-state index is 13.0. The number of thiophene rings is 1. The van der Waals surface area contributed by atoms with Crippen molar-refractivity contribution in [2.45, 2.75) is 0 Å². The summed E-state index contributed by atoms with van der Waals surface area (Å²) in [6, 6.07) is 9.06. The molecule has 4 aromatic rings. The van der Waals surface area contributed by atoms with Crippen molar-refractivity contribution in [2.75, 3.05) is 19.2 Å². The molecule has 25 heavy (non-hydrogen) atoms. The van der Waals surface area contributed by atoms with Gasteiger partial charge in [-0.25, -0.2) is 15.8 Å². The first-order valence-electron chi connectivity index (χ1n) is 7.52. The van der Waals surface area contributed by atoms with Crippen LogP contribution in [0.5, 0.6) is 5.75 Å². The van der Waals surface area contributed by atoms with E-state index in [0.717, 1.165) is 27.3 Å². The van der Waals surface area contributed by atoms with Gasteiger partial charge < -0.3 is 9.75 Å². The van der Waals surface area contributed by atoms with E-state index in [4.69, 9.17) is 10.6 Å². The third-order valence-electron chi connectivity index (χ3n) is 3.99. The molecule has 0 aliphatic heterocycles. The minimum Gasteiger partial charge on any atom is -0.497 e. The van der Waals surface area contributed by atoms with Crippen LogP contribution in [0.25, 0.3) is 26.1 Å². The molecule has 8 heteroatoms. The molecule has 0 aliphatic rings. The summed E-state index contributed by atoms with van der Waals surface area (Å²) in [7, 11) is 3.35. The van der Waals surface area contributed by atoms with Crippen LogP contribution in [0, 0.1) is 0 Å².